The van der Waals surface area contributed by atoms with E-state index >= 15 is 0 Å². The Morgan fingerprint density at radius 3 is 2.58 bits per heavy atom. The van der Waals surface area contributed by atoms with Gasteiger partial charge < -0.3 is 10.1 Å². The molecule has 2 aliphatic carbocycles. The fraction of sp³-hybridized carbons (Fsp3) is 0.350. The molecule has 5 rings (SSSR count). The molecule has 3 aliphatic rings. The average molecular weight is 323 g/mol. The number of fused-ring (bicyclic) bond motifs is 3. The predicted octanol–water partition coefficient (Wildman–Crippen LogP) is 3.50. The number of rotatable bonds is 3. The first-order chi connectivity index (χ1) is 11.7. The summed E-state index contributed by atoms with van der Waals surface area (Å²) in [5.41, 5.74) is 1.81. The molecule has 122 valence electrons. The Balaban J connectivity index is 1.35. The van der Waals surface area contributed by atoms with Crippen LogP contribution in [0.3, 0.4) is 0 Å². The van der Waals surface area contributed by atoms with Gasteiger partial charge in [0.05, 0.1) is 11.5 Å². The van der Waals surface area contributed by atoms with Crippen molar-refractivity contribution in [3.8, 4) is 5.75 Å². The first-order valence-electron chi connectivity index (χ1n) is 8.52. The zero-order chi connectivity index (χ0) is 16.3. The van der Waals surface area contributed by atoms with Crippen molar-refractivity contribution in [2.75, 3.05) is 0 Å². The lowest BCUT2D eigenvalue weighted by molar-refractivity contribution is -0.126. The molecule has 1 heterocycles. The van der Waals surface area contributed by atoms with Gasteiger partial charge in [0.25, 0.3) is 0 Å². The molecular weight excluding hydrogens is 305 g/mol. The fourth-order valence-electron chi connectivity index (χ4n) is 4.23. The molecule has 0 bridgehead atoms. The smallest absolute Gasteiger partial charge is 0.228 e. The van der Waals surface area contributed by atoms with Crippen molar-refractivity contribution in [1.29, 1.82) is 0 Å². The molecule has 0 aromatic heterocycles. The van der Waals surface area contributed by atoms with Gasteiger partial charge in [-0.3, -0.25) is 4.79 Å². The second kappa shape index (κ2) is 4.82. The van der Waals surface area contributed by atoms with Crippen molar-refractivity contribution in [2.24, 2.45) is 5.92 Å². The number of carbonyl (C=O) groups excluding carboxylic acids is 1. The van der Waals surface area contributed by atoms with Crippen molar-refractivity contribution >= 4 is 5.91 Å². The van der Waals surface area contributed by atoms with Gasteiger partial charge in [-0.2, -0.15) is 0 Å². The monoisotopic (exact) mass is 323 g/mol. The Morgan fingerprint density at radius 1 is 1.12 bits per heavy atom. The van der Waals surface area contributed by atoms with Crippen LogP contribution in [0.1, 0.15) is 36.3 Å². The van der Waals surface area contributed by atoms with E-state index in [1.807, 2.05) is 24.3 Å². The molecule has 2 saturated carbocycles. The third kappa shape index (κ3) is 1.92. The minimum absolute atomic E-state index is 0.0206. The van der Waals surface area contributed by atoms with E-state index < -0.39 is 0 Å². The lowest BCUT2D eigenvalue weighted by Gasteiger charge is -2.43. The SMILES string of the molecule is O=C(NC1(c2ccc(F)cc2)CCC1)C1C2Oc3ccccc3C21. The molecule has 1 amide bonds. The number of hydrogen-bond donors (Lipinski definition) is 1. The van der Waals surface area contributed by atoms with Crippen molar-refractivity contribution in [3.05, 3.63) is 65.5 Å². The highest BCUT2D eigenvalue weighted by atomic mass is 19.1. The van der Waals surface area contributed by atoms with Crippen LogP contribution in [0.2, 0.25) is 0 Å². The first kappa shape index (κ1) is 14.0. The van der Waals surface area contributed by atoms with Crippen LogP contribution < -0.4 is 10.1 Å². The average Bonchev–Trinajstić information content (AvgIpc) is 3.14. The summed E-state index contributed by atoms with van der Waals surface area (Å²) in [6, 6.07) is 14.5. The zero-order valence-corrected chi connectivity index (χ0v) is 13.2. The van der Waals surface area contributed by atoms with Crippen LogP contribution in [0.5, 0.6) is 5.75 Å². The summed E-state index contributed by atoms with van der Waals surface area (Å²) >= 11 is 0. The molecule has 3 unspecified atom stereocenters. The summed E-state index contributed by atoms with van der Waals surface area (Å²) in [7, 11) is 0. The second-order valence-corrected chi connectivity index (χ2v) is 7.10. The van der Waals surface area contributed by atoms with Crippen molar-refractivity contribution in [2.45, 2.75) is 36.8 Å². The third-order valence-corrected chi connectivity index (χ3v) is 5.76. The third-order valence-electron chi connectivity index (χ3n) is 5.76. The molecule has 1 N–H and O–H groups in total. The number of ether oxygens (including phenoxy) is 1. The maximum atomic E-state index is 13.2. The predicted molar refractivity (Wildman–Crippen MR) is 87.2 cm³/mol. The zero-order valence-electron chi connectivity index (χ0n) is 13.2. The molecule has 4 heteroatoms. The van der Waals surface area contributed by atoms with Gasteiger partial charge in [0, 0.05) is 11.5 Å². The lowest BCUT2D eigenvalue weighted by Crippen LogP contribution is -2.51. The number of halogens is 1. The van der Waals surface area contributed by atoms with Gasteiger partial charge in [-0.25, -0.2) is 4.39 Å². The number of carbonyl (C=O) groups is 1. The summed E-state index contributed by atoms with van der Waals surface area (Å²) < 4.78 is 19.1. The largest absolute Gasteiger partial charge is 0.489 e. The van der Waals surface area contributed by atoms with E-state index in [1.54, 1.807) is 12.1 Å². The Bertz CT molecular complexity index is 813. The minimum Gasteiger partial charge on any atom is -0.489 e. The molecule has 0 spiro atoms. The van der Waals surface area contributed by atoms with E-state index in [1.165, 1.54) is 12.1 Å². The highest BCUT2D eigenvalue weighted by Gasteiger charge is 2.63. The molecule has 2 aromatic carbocycles. The Labute approximate surface area is 139 Å². The van der Waals surface area contributed by atoms with E-state index in [0.29, 0.717) is 0 Å². The second-order valence-electron chi connectivity index (χ2n) is 7.10. The minimum atomic E-state index is -0.332. The number of benzene rings is 2. The highest BCUT2D eigenvalue weighted by molar-refractivity contribution is 5.86. The van der Waals surface area contributed by atoms with Gasteiger partial charge in [0.15, 0.2) is 0 Å². The van der Waals surface area contributed by atoms with Gasteiger partial charge in [0.2, 0.25) is 5.91 Å². The van der Waals surface area contributed by atoms with E-state index in [-0.39, 0.29) is 35.2 Å². The molecular formula is C20H18FNO2. The van der Waals surface area contributed by atoms with Crippen LogP contribution >= 0.6 is 0 Å². The van der Waals surface area contributed by atoms with Crippen molar-refractivity contribution < 1.29 is 13.9 Å². The van der Waals surface area contributed by atoms with Gasteiger partial charge in [-0.15, -0.1) is 0 Å². The maximum absolute atomic E-state index is 13.2. The molecule has 3 nitrogen and oxygen atoms in total. The summed E-state index contributed by atoms with van der Waals surface area (Å²) in [5.74, 6) is 0.808. The lowest BCUT2D eigenvalue weighted by atomic mass is 9.71. The van der Waals surface area contributed by atoms with E-state index in [4.69, 9.17) is 4.74 Å². The molecule has 1 aliphatic heterocycles. The maximum Gasteiger partial charge on any atom is 0.228 e. The van der Waals surface area contributed by atoms with E-state index in [0.717, 1.165) is 36.1 Å². The fourth-order valence-corrected chi connectivity index (χ4v) is 4.23. The van der Waals surface area contributed by atoms with Gasteiger partial charge in [-0.1, -0.05) is 30.3 Å². The highest BCUT2D eigenvalue weighted by Crippen LogP contribution is 2.58. The Kier molecular flexibility index (Phi) is 2.82. The topological polar surface area (TPSA) is 38.3 Å². The molecule has 0 saturated heterocycles. The molecule has 3 atom stereocenters. The van der Waals surface area contributed by atoms with Crippen LogP contribution in [-0.2, 0) is 10.3 Å². The number of nitrogens with one attached hydrogen (secondary N) is 1. The van der Waals surface area contributed by atoms with Crippen LogP contribution in [0.4, 0.5) is 4.39 Å². The molecule has 24 heavy (non-hydrogen) atoms. The van der Waals surface area contributed by atoms with Crippen LogP contribution in [-0.4, -0.2) is 12.0 Å². The van der Waals surface area contributed by atoms with Crippen LogP contribution in [0.15, 0.2) is 48.5 Å². The van der Waals surface area contributed by atoms with Crippen molar-refractivity contribution in [1.82, 2.24) is 5.32 Å². The quantitative estimate of drug-likeness (QED) is 0.939. The number of para-hydroxylation sites is 1. The molecule has 0 radical (unpaired) electrons. The van der Waals surface area contributed by atoms with Gasteiger partial charge in [-0.05, 0) is 43.0 Å². The standard InChI is InChI=1S/C20H18FNO2/c21-13-8-6-12(7-9-13)20(10-3-11-20)22-19(23)17-16-14-4-1-2-5-15(14)24-18(16)17/h1-2,4-9,16-18H,3,10-11H2,(H,22,23). The van der Waals surface area contributed by atoms with E-state index in [9.17, 15) is 9.18 Å². The summed E-state index contributed by atoms with van der Waals surface area (Å²) in [5, 5.41) is 3.25. The Hall–Kier alpha value is -2.36. The first-order valence-corrected chi connectivity index (χ1v) is 8.52. The van der Waals surface area contributed by atoms with Crippen LogP contribution in [0, 0.1) is 11.7 Å². The Morgan fingerprint density at radius 2 is 1.88 bits per heavy atom. The summed E-state index contributed by atoms with van der Waals surface area (Å²) in [4.78, 5) is 12.8. The molecule has 2 fully saturated rings. The summed E-state index contributed by atoms with van der Waals surface area (Å²) in [6.07, 6.45) is 2.87. The van der Waals surface area contributed by atoms with E-state index in [2.05, 4.69) is 5.32 Å². The normalized spacial score (nSPS) is 28.1. The summed E-state index contributed by atoms with van der Waals surface area (Å²) in [6.45, 7) is 0. The number of amides is 1. The van der Waals surface area contributed by atoms with Crippen molar-refractivity contribution in [3.63, 3.8) is 0 Å². The van der Waals surface area contributed by atoms with Gasteiger partial charge >= 0.3 is 0 Å². The van der Waals surface area contributed by atoms with Gasteiger partial charge in [0.1, 0.15) is 17.7 Å². The molecule has 2 aromatic rings. The van der Waals surface area contributed by atoms with Crippen LogP contribution in [0.25, 0.3) is 0 Å². The number of hydrogen-bond acceptors (Lipinski definition) is 2.